The molecule has 0 saturated carbocycles. The number of benzene rings is 1. The molecule has 2 atom stereocenters. The predicted octanol–water partition coefficient (Wildman–Crippen LogP) is 3.38. The van der Waals surface area contributed by atoms with Crippen LogP contribution in [0.5, 0.6) is 0 Å². The van der Waals surface area contributed by atoms with Crippen molar-refractivity contribution in [3.05, 3.63) is 41.3 Å². The summed E-state index contributed by atoms with van der Waals surface area (Å²) in [5.74, 6) is 1.18. The molecular formula is C19H26N2O3S. The fourth-order valence-electron chi connectivity index (χ4n) is 2.34. The highest BCUT2D eigenvalue weighted by Gasteiger charge is 2.20. The fraction of sp³-hybridized carbons (Fsp3) is 0.474. The molecule has 1 N–H and O–H groups in total. The van der Waals surface area contributed by atoms with Crippen molar-refractivity contribution in [1.29, 1.82) is 0 Å². The van der Waals surface area contributed by atoms with Crippen molar-refractivity contribution >= 4 is 17.1 Å². The first-order valence-corrected chi connectivity index (χ1v) is 10.1. The number of aromatic nitrogens is 1. The summed E-state index contributed by atoms with van der Waals surface area (Å²) in [7, 11) is 0. The quantitative estimate of drug-likeness (QED) is 0.730. The van der Waals surface area contributed by atoms with Crippen molar-refractivity contribution in [2.75, 3.05) is 5.75 Å². The van der Waals surface area contributed by atoms with Crippen LogP contribution in [-0.2, 0) is 28.1 Å². The minimum atomic E-state index is -1.31. The summed E-state index contributed by atoms with van der Waals surface area (Å²) in [6, 6.07) is 8.14. The Bertz CT molecular complexity index is 697. The Hall–Kier alpha value is -1.79. The Balaban J connectivity index is 2.00. The molecule has 0 bridgehead atoms. The van der Waals surface area contributed by atoms with Crippen molar-refractivity contribution in [3.8, 4) is 11.5 Å². The highest BCUT2D eigenvalue weighted by molar-refractivity contribution is 7.91. The van der Waals surface area contributed by atoms with Gasteiger partial charge in [-0.1, -0.05) is 26.0 Å². The van der Waals surface area contributed by atoms with Gasteiger partial charge >= 0.3 is 0 Å². The van der Waals surface area contributed by atoms with Gasteiger partial charge in [-0.2, -0.15) is 0 Å². The van der Waals surface area contributed by atoms with Crippen LogP contribution in [0.2, 0.25) is 0 Å². The molecular weight excluding hydrogens is 336 g/mol. The van der Waals surface area contributed by atoms with Gasteiger partial charge in [0.25, 0.3) is 5.91 Å². The summed E-state index contributed by atoms with van der Waals surface area (Å²) in [5.41, 5.74) is 2.79. The first-order valence-electron chi connectivity index (χ1n) is 8.62. The number of nitrogens with zero attached hydrogens (tertiary/aromatic N) is 1. The highest BCUT2D eigenvalue weighted by atomic mass is 32.2. The molecule has 1 amide bonds. The zero-order valence-electron chi connectivity index (χ0n) is 15.3. The molecule has 0 saturated heterocycles. The molecule has 1 heterocycles. The molecule has 2 rings (SSSR count). The summed E-state index contributed by atoms with van der Waals surface area (Å²) in [6.45, 7) is 7.84. The van der Waals surface area contributed by atoms with E-state index >= 15 is 0 Å². The molecule has 5 nitrogen and oxygen atoms in total. The van der Waals surface area contributed by atoms with Crippen molar-refractivity contribution in [2.45, 2.75) is 52.3 Å². The van der Waals surface area contributed by atoms with E-state index in [-0.39, 0.29) is 23.5 Å². The van der Waals surface area contributed by atoms with Crippen molar-refractivity contribution in [1.82, 2.24) is 10.3 Å². The zero-order chi connectivity index (χ0) is 18.4. The van der Waals surface area contributed by atoms with Crippen LogP contribution in [0.1, 0.15) is 44.2 Å². The number of aryl methyl sites for hydroxylation is 2. The van der Waals surface area contributed by atoms with Gasteiger partial charge in [0.15, 0.2) is 11.5 Å². The number of oxazole rings is 1. The van der Waals surface area contributed by atoms with Crippen LogP contribution in [0.25, 0.3) is 11.5 Å². The Morgan fingerprint density at radius 1 is 1.32 bits per heavy atom. The summed E-state index contributed by atoms with van der Waals surface area (Å²) in [5, 5.41) is 2.83. The van der Waals surface area contributed by atoms with Crippen LogP contribution < -0.4 is 5.32 Å². The van der Waals surface area contributed by atoms with Crippen molar-refractivity contribution in [3.63, 3.8) is 0 Å². The van der Waals surface area contributed by atoms with Gasteiger partial charge in [0.05, 0.1) is 0 Å². The molecule has 1 aromatic carbocycles. The first kappa shape index (κ1) is 19.5. The van der Waals surface area contributed by atoms with Gasteiger partial charge in [-0.15, -0.1) is 0 Å². The SMILES string of the molecule is CCc1ccc(-c2nc(C[S+]([O-])CC(=O)NC(C)CC)c(C)o2)cc1. The largest absolute Gasteiger partial charge is 0.616 e. The number of nitrogens with one attached hydrogen (secondary N) is 1. The molecule has 1 aromatic heterocycles. The highest BCUT2D eigenvalue weighted by Crippen LogP contribution is 2.23. The van der Waals surface area contributed by atoms with Gasteiger partial charge in [0.1, 0.15) is 11.5 Å². The molecule has 0 aliphatic heterocycles. The van der Waals surface area contributed by atoms with Crippen LogP contribution in [0.3, 0.4) is 0 Å². The van der Waals surface area contributed by atoms with Gasteiger partial charge in [-0.3, -0.25) is 4.79 Å². The minimum Gasteiger partial charge on any atom is -0.616 e. The van der Waals surface area contributed by atoms with Gasteiger partial charge in [0.2, 0.25) is 5.89 Å². The van der Waals surface area contributed by atoms with Gasteiger partial charge < -0.3 is 14.3 Å². The van der Waals surface area contributed by atoms with Crippen molar-refractivity contribution in [2.24, 2.45) is 0 Å². The molecule has 136 valence electrons. The van der Waals surface area contributed by atoms with Crippen LogP contribution in [0.4, 0.5) is 0 Å². The van der Waals surface area contributed by atoms with Gasteiger partial charge in [0, 0.05) is 11.6 Å². The fourth-order valence-corrected chi connectivity index (χ4v) is 3.39. The molecule has 2 unspecified atom stereocenters. The second kappa shape index (κ2) is 9.06. The average molecular weight is 362 g/mol. The number of carbonyl (C=O) groups excluding carboxylic acids is 1. The lowest BCUT2D eigenvalue weighted by molar-refractivity contribution is -0.119. The van der Waals surface area contributed by atoms with E-state index < -0.39 is 11.2 Å². The lowest BCUT2D eigenvalue weighted by atomic mass is 10.1. The maximum Gasteiger partial charge on any atom is 0.270 e. The third-order valence-electron chi connectivity index (χ3n) is 4.11. The monoisotopic (exact) mass is 362 g/mol. The Morgan fingerprint density at radius 2 is 2.00 bits per heavy atom. The Kier molecular flexibility index (Phi) is 7.08. The van der Waals surface area contributed by atoms with Crippen molar-refractivity contribution < 1.29 is 13.8 Å². The van der Waals surface area contributed by atoms with Gasteiger partial charge in [-0.25, -0.2) is 4.98 Å². The Labute approximate surface area is 152 Å². The van der Waals surface area contributed by atoms with E-state index in [4.69, 9.17) is 4.42 Å². The average Bonchev–Trinajstić information content (AvgIpc) is 2.95. The number of carbonyl (C=O) groups is 1. The maximum atomic E-state index is 12.2. The van der Waals surface area contributed by atoms with E-state index in [1.165, 1.54) is 5.56 Å². The third-order valence-corrected chi connectivity index (χ3v) is 5.29. The third kappa shape index (κ3) is 5.61. The number of hydrogen-bond acceptors (Lipinski definition) is 4. The van der Waals surface area contributed by atoms with E-state index in [9.17, 15) is 9.35 Å². The van der Waals surface area contributed by atoms with E-state index in [1.807, 2.05) is 45.0 Å². The van der Waals surface area contributed by atoms with E-state index in [0.717, 1.165) is 18.4 Å². The lowest BCUT2D eigenvalue weighted by Gasteiger charge is -2.13. The topological polar surface area (TPSA) is 78.2 Å². The summed E-state index contributed by atoms with van der Waals surface area (Å²) >= 11 is -1.31. The zero-order valence-corrected chi connectivity index (χ0v) is 16.1. The molecule has 0 fully saturated rings. The summed E-state index contributed by atoms with van der Waals surface area (Å²) in [4.78, 5) is 16.3. The van der Waals surface area contributed by atoms with E-state index in [2.05, 4.69) is 17.2 Å². The number of amides is 1. The summed E-state index contributed by atoms with van der Waals surface area (Å²) < 4.78 is 18.0. The second-order valence-corrected chi connectivity index (χ2v) is 7.63. The van der Waals surface area contributed by atoms with Gasteiger partial charge in [-0.05, 0) is 55.6 Å². The first-order chi connectivity index (χ1) is 11.9. The number of rotatable bonds is 8. The molecule has 0 aliphatic carbocycles. The minimum absolute atomic E-state index is 0.0167. The molecule has 0 radical (unpaired) electrons. The van der Waals surface area contributed by atoms with E-state index in [1.54, 1.807) is 0 Å². The smallest absolute Gasteiger partial charge is 0.270 e. The van der Waals surface area contributed by atoms with Crippen LogP contribution >= 0.6 is 0 Å². The standard InChI is InChI=1S/C19H26N2O3S/c1-5-13(3)20-18(22)12-25(23)11-17-14(4)24-19(21-17)16-9-7-15(6-2)8-10-16/h7-10,13H,5-6,11-12H2,1-4H3,(H,20,22). The molecule has 2 aromatic rings. The molecule has 6 heteroatoms. The maximum absolute atomic E-state index is 12.2. The molecule has 0 spiro atoms. The molecule has 0 aliphatic rings. The molecule has 25 heavy (non-hydrogen) atoms. The van der Waals surface area contributed by atoms with Crippen LogP contribution in [-0.4, -0.2) is 27.2 Å². The Morgan fingerprint density at radius 3 is 2.60 bits per heavy atom. The lowest BCUT2D eigenvalue weighted by Crippen LogP contribution is -2.36. The second-order valence-electron chi connectivity index (χ2n) is 6.18. The predicted molar refractivity (Wildman–Crippen MR) is 101 cm³/mol. The van der Waals surface area contributed by atoms with Crippen LogP contribution in [0, 0.1) is 6.92 Å². The normalized spacial score (nSPS) is 13.5. The van der Waals surface area contributed by atoms with E-state index in [0.29, 0.717) is 17.3 Å². The summed E-state index contributed by atoms with van der Waals surface area (Å²) in [6.07, 6.45) is 1.83. The van der Waals surface area contributed by atoms with Crippen LogP contribution in [0.15, 0.2) is 28.7 Å². The number of hydrogen-bond donors (Lipinski definition) is 1.